The molecular weight excluding hydrogens is 353 g/mol. The molecule has 0 saturated carbocycles. The zero-order valence-corrected chi connectivity index (χ0v) is 15.3. The number of hydrogen-bond acceptors (Lipinski definition) is 3. The minimum absolute atomic E-state index is 0.285. The fourth-order valence-electron chi connectivity index (χ4n) is 3.37. The van der Waals surface area contributed by atoms with Crippen molar-refractivity contribution in [1.82, 2.24) is 14.9 Å². The van der Waals surface area contributed by atoms with Crippen molar-refractivity contribution in [3.8, 4) is 0 Å². The van der Waals surface area contributed by atoms with Gasteiger partial charge in [-0.3, -0.25) is 4.90 Å². The average molecular weight is 374 g/mol. The Bertz CT molecular complexity index is 896. The third-order valence-electron chi connectivity index (χ3n) is 4.71. The van der Waals surface area contributed by atoms with Gasteiger partial charge in [-0.15, -0.1) is 0 Å². The van der Waals surface area contributed by atoms with Crippen LogP contribution in [0.25, 0.3) is 11.0 Å². The number of H-pyrrole nitrogens is 1. The van der Waals surface area contributed by atoms with Crippen LogP contribution in [0, 0.1) is 6.92 Å². The molecule has 26 heavy (non-hydrogen) atoms. The summed E-state index contributed by atoms with van der Waals surface area (Å²) >= 11 is 5.91. The van der Waals surface area contributed by atoms with E-state index >= 15 is 0 Å². The van der Waals surface area contributed by atoms with Gasteiger partial charge in [0.15, 0.2) is 0 Å². The minimum Gasteiger partial charge on any atom is -0.366 e. The van der Waals surface area contributed by atoms with Crippen LogP contribution >= 0.6 is 11.6 Å². The first kappa shape index (κ1) is 17.5. The number of nitrogens with zero attached hydrogens (tertiary/aromatic N) is 2. The number of rotatable bonds is 5. The Morgan fingerprint density at radius 1 is 1.23 bits per heavy atom. The second kappa shape index (κ2) is 7.35. The number of halogens is 2. The lowest BCUT2D eigenvalue weighted by Gasteiger charge is -2.15. The van der Waals surface area contributed by atoms with Crippen LogP contribution in [0.2, 0.25) is 5.02 Å². The van der Waals surface area contributed by atoms with Crippen molar-refractivity contribution in [2.75, 3.05) is 13.1 Å². The van der Waals surface area contributed by atoms with Crippen LogP contribution in [0.3, 0.4) is 0 Å². The fourth-order valence-corrected chi connectivity index (χ4v) is 3.50. The lowest BCUT2D eigenvalue weighted by atomic mass is 10.2. The molecular formula is C20H21ClFN3O. The summed E-state index contributed by atoms with van der Waals surface area (Å²) in [6, 6.07) is 13.7. The van der Waals surface area contributed by atoms with Crippen LogP contribution in [-0.2, 0) is 17.9 Å². The van der Waals surface area contributed by atoms with Crippen molar-refractivity contribution in [3.05, 3.63) is 64.4 Å². The molecule has 2 heterocycles. The molecule has 136 valence electrons. The lowest BCUT2D eigenvalue weighted by molar-refractivity contribution is 0.00864. The maximum atomic E-state index is 14.3. The van der Waals surface area contributed by atoms with Crippen LogP contribution in [0.5, 0.6) is 0 Å². The molecule has 1 aliphatic heterocycles. The molecule has 3 aromatic rings. The predicted molar refractivity (Wildman–Crippen MR) is 101 cm³/mol. The number of aromatic nitrogens is 2. The second-order valence-electron chi connectivity index (χ2n) is 6.89. The van der Waals surface area contributed by atoms with E-state index in [1.54, 1.807) is 0 Å². The Kier molecular flexibility index (Phi) is 4.94. The average Bonchev–Trinajstić information content (AvgIpc) is 3.17. The molecule has 0 aliphatic carbocycles. The summed E-state index contributed by atoms with van der Waals surface area (Å²) in [5, 5.41) is 0.709. The summed E-state index contributed by atoms with van der Waals surface area (Å²) in [5.41, 5.74) is 4.18. The Hall–Kier alpha value is -1.95. The maximum Gasteiger partial charge on any atom is 0.140 e. The van der Waals surface area contributed by atoms with Crippen LogP contribution in [0.1, 0.15) is 17.0 Å². The first-order valence-corrected chi connectivity index (χ1v) is 9.12. The van der Waals surface area contributed by atoms with Crippen molar-refractivity contribution >= 4 is 22.6 Å². The Balaban J connectivity index is 1.35. The number of likely N-dealkylation sites (tertiary alicyclic amines) is 1. The quantitative estimate of drug-likeness (QED) is 0.726. The Morgan fingerprint density at radius 2 is 2.04 bits per heavy atom. The molecule has 0 spiro atoms. The van der Waals surface area contributed by atoms with Gasteiger partial charge in [0.05, 0.1) is 11.0 Å². The van der Waals surface area contributed by atoms with Crippen molar-refractivity contribution < 1.29 is 9.13 Å². The number of aromatic amines is 1. The minimum atomic E-state index is -0.992. The molecule has 0 amide bonds. The first-order valence-electron chi connectivity index (χ1n) is 8.74. The zero-order chi connectivity index (χ0) is 18.1. The molecule has 0 bridgehead atoms. The highest BCUT2D eigenvalue weighted by Crippen LogP contribution is 2.21. The van der Waals surface area contributed by atoms with E-state index in [2.05, 4.69) is 14.9 Å². The Morgan fingerprint density at radius 3 is 2.85 bits per heavy atom. The molecule has 1 saturated heterocycles. The highest BCUT2D eigenvalue weighted by atomic mass is 35.5. The summed E-state index contributed by atoms with van der Waals surface area (Å²) < 4.78 is 20.2. The lowest BCUT2D eigenvalue weighted by Crippen LogP contribution is -2.24. The van der Waals surface area contributed by atoms with Crippen molar-refractivity contribution in [3.63, 3.8) is 0 Å². The molecule has 0 radical (unpaired) electrons. The van der Waals surface area contributed by atoms with E-state index in [9.17, 15) is 4.39 Å². The smallest absolute Gasteiger partial charge is 0.140 e. The van der Waals surface area contributed by atoms with E-state index in [-0.39, 0.29) is 6.61 Å². The van der Waals surface area contributed by atoms with Crippen LogP contribution in [-0.4, -0.2) is 40.2 Å². The number of ether oxygens (including phenoxy) is 1. The van der Waals surface area contributed by atoms with Crippen LogP contribution in [0.15, 0.2) is 42.5 Å². The van der Waals surface area contributed by atoms with Gasteiger partial charge >= 0.3 is 0 Å². The summed E-state index contributed by atoms with van der Waals surface area (Å²) in [7, 11) is 0. The van der Waals surface area contributed by atoms with Gasteiger partial charge in [0.2, 0.25) is 0 Å². The monoisotopic (exact) mass is 373 g/mol. The van der Waals surface area contributed by atoms with Crippen LogP contribution < -0.4 is 0 Å². The number of fused-ring (bicyclic) bond motifs is 1. The summed E-state index contributed by atoms with van der Waals surface area (Å²) in [5.74, 6) is 0.731. The predicted octanol–water partition coefficient (Wildman–Crippen LogP) is 4.26. The second-order valence-corrected chi connectivity index (χ2v) is 7.33. The number of imidazole rings is 1. The van der Waals surface area contributed by atoms with E-state index in [4.69, 9.17) is 16.3 Å². The highest BCUT2D eigenvalue weighted by Gasteiger charge is 2.33. The van der Waals surface area contributed by atoms with Crippen molar-refractivity contribution in [1.29, 1.82) is 0 Å². The summed E-state index contributed by atoms with van der Waals surface area (Å²) in [6.45, 7) is 3.97. The molecule has 4 rings (SSSR count). The highest BCUT2D eigenvalue weighted by molar-refractivity contribution is 6.30. The molecule has 2 aromatic carbocycles. The molecule has 1 fully saturated rings. The summed E-state index contributed by atoms with van der Waals surface area (Å²) in [4.78, 5) is 9.82. The summed E-state index contributed by atoms with van der Waals surface area (Å²) in [6.07, 6.45) is -1.42. The van der Waals surface area contributed by atoms with Crippen molar-refractivity contribution in [2.45, 2.75) is 32.4 Å². The van der Waals surface area contributed by atoms with Gasteiger partial charge in [-0.25, -0.2) is 9.37 Å². The van der Waals surface area contributed by atoms with E-state index < -0.39 is 12.3 Å². The number of hydrogen-bond donors (Lipinski definition) is 1. The van der Waals surface area contributed by atoms with Gasteiger partial charge in [-0.05, 0) is 42.3 Å². The largest absolute Gasteiger partial charge is 0.366 e. The molecule has 0 unspecified atom stereocenters. The van der Waals surface area contributed by atoms with Gasteiger partial charge < -0.3 is 9.72 Å². The van der Waals surface area contributed by atoms with Gasteiger partial charge in [0, 0.05) is 24.7 Å². The van der Waals surface area contributed by atoms with Gasteiger partial charge in [-0.1, -0.05) is 29.8 Å². The van der Waals surface area contributed by atoms with E-state index in [1.165, 1.54) is 5.56 Å². The maximum absolute atomic E-state index is 14.3. The van der Waals surface area contributed by atoms with E-state index in [0.29, 0.717) is 24.7 Å². The molecule has 2 atom stereocenters. The van der Waals surface area contributed by atoms with E-state index in [0.717, 1.165) is 22.4 Å². The SMILES string of the molecule is Cc1ccc2nc(CO[C@H]3CN(Cc4ccc(Cl)cc4)C[C@H]3F)[nH]c2c1. The molecule has 4 nitrogen and oxygen atoms in total. The van der Waals surface area contributed by atoms with Gasteiger partial charge in [-0.2, -0.15) is 0 Å². The number of alkyl halides is 1. The molecule has 6 heteroatoms. The molecule has 1 aliphatic rings. The van der Waals surface area contributed by atoms with Gasteiger partial charge in [0.1, 0.15) is 24.7 Å². The Labute approximate surface area is 156 Å². The third kappa shape index (κ3) is 3.90. The fraction of sp³-hybridized carbons (Fsp3) is 0.350. The van der Waals surface area contributed by atoms with Gasteiger partial charge in [0.25, 0.3) is 0 Å². The molecule has 1 N–H and O–H groups in total. The molecule has 1 aromatic heterocycles. The first-order chi connectivity index (χ1) is 12.6. The zero-order valence-electron chi connectivity index (χ0n) is 14.6. The van der Waals surface area contributed by atoms with E-state index in [1.807, 2.05) is 49.4 Å². The number of nitrogens with one attached hydrogen (secondary N) is 1. The topological polar surface area (TPSA) is 41.1 Å². The standard InChI is InChI=1S/C20H21ClFN3O/c1-13-2-7-17-18(8-13)24-20(23-17)12-26-19-11-25(10-16(19)22)9-14-3-5-15(21)6-4-14/h2-8,16,19H,9-12H2,1H3,(H,23,24)/t16-,19+/m1/s1. The normalized spacial score (nSPS) is 20.9. The van der Waals surface area contributed by atoms with Crippen molar-refractivity contribution in [2.24, 2.45) is 0 Å². The number of benzene rings is 2. The van der Waals surface area contributed by atoms with Crippen LogP contribution in [0.4, 0.5) is 4.39 Å². The third-order valence-corrected chi connectivity index (χ3v) is 4.97. The number of aryl methyl sites for hydroxylation is 1.